The van der Waals surface area contributed by atoms with Gasteiger partial charge in [-0.15, -0.1) is 0 Å². The number of phenols is 1. The molecule has 6 aromatic rings. The fraction of sp³-hybridized carbons (Fsp3) is 0.143. The molecule has 0 spiro atoms. The normalized spacial score (nSPS) is 11.6. The minimum Gasteiger partial charge on any atom is -0.507 e. The highest BCUT2D eigenvalue weighted by molar-refractivity contribution is 9.11. The van der Waals surface area contributed by atoms with E-state index in [2.05, 4.69) is 74.0 Å². The van der Waals surface area contributed by atoms with Gasteiger partial charge in [0.2, 0.25) is 12.7 Å². The zero-order valence-electron chi connectivity index (χ0n) is 35.6. The van der Waals surface area contributed by atoms with Crippen LogP contribution in [0.4, 0.5) is 0 Å². The summed E-state index contributed by atoms with van der Waals surface area (Å²) in [4.78, 5) is 63.0. The lowest BCUT2D eigenvalue weighted by atomic mass is 10.0. The maximum atomic E-state index is 13.9. The maximum absolute atomic E-state index is 13.9. The molecule has 0 heterocycles. The van der Waals surface area contributed by atoms with Crippen LogP contribution in [0.3, 0.4) is 0 Å². The number of oxime groups is 2. The van der Waals surface area contributed by atoms with E-state index in [1.54, 1.807) is 79.7 Å². The summed E-state index contributed by atoms with van der Waals surface area (Å²) in [5.74, 6) is -1.29. The Hall–Kier alpha value is -5.56. The number of esters is 2. The van der Waals surface area contributed by atoms with E-state index < -0.39 is 36.2 Å². The van der Waals surface area contributed by atoms with Gasteiger partial charge in [-0.2, -0.15) is 0 Å². The van der Waals surface area contributed by atoms with Crippen LogP contribution in [0, 0.1) is 0 Å². The van der Waals surface area contributed by atoms with Crippen molar-refractivity contribution < 1.29 is 52.9 Å². The van der Waals surface area contributed by atoms with Crippen molar-refractivity contribution in [3.8, 4) is 34.5 Å². The SMILES string of the molecule is CCCC(ON=Cc1cc(Br)c(Oc2ccc(OC(=O)CON=Cc3cc(Br)c(Oc4ccc(O)c(C(=O)c5ccc(Cl)cc5)c4)c(Br)c3)c(C(=O)c3ccc(Cl)cc3)c2)c(Br)c1)C(=O)OCC. The fourth-order valence-electron chi connectivity index (χ4n) is 6.07. The van der Waals surface area contributed by atoms with Crippen molar-refractivity contribution in [2.24, 2.45) is 10.3 Å². The summed E-state index contributed by atoms with van der Waals surface area (Å²) in [6, 6.07) is 28.0. The molecule has 0 aliphatic heterocycles. The first-order chi connectivity index (χ1) is 32.6. The third-order valence-electron chi connectivity index (χ3n) is 9.27. The van der Waals surface area contributed by atoms with Crippen molar-refractivity contribution >= 4 is 123 Å². The van der Waals surface area contributed by atoms with Crippen LogP contribution in [-0.2, 0) is 24.0 Å². The predicted molar refractivity (Wildman–Crippen MR) is 271 cm³/mol. The number of nitrogens with zero attached hydrogens (tertiary/aromatic N) is 2. The van der Waals surface area contributed by atoms with E-state index in [0.29, 0.717) is 69.0 Å². The first-order valence-electron chi connectivity index (χ1n) is 20.3. The number of ketones is 2. The Morgan fingerprint density at radius 1 is 0.647 bits per heavy atom. The highest BCUT2D eigenvalue weighted by Gasteiger charge is 2.23. The minimum absolute atomic E-state index is 0.00625. The fourth-order valence-corrected chi connectivity index (χ4v) is 9.09. The molecule has 0 radical (unpaired) electrons. The van der Waals surface area contributed by atoms with Crippen molar-refractivity contribution in [1.82, 2.24) is 0 Å². The smallest absolute Gasteiger partial charge is 0.352 e. The zero-order valence-corrected chi connectivity index (χ0v) is 43.5. The van der Waals surface area contributed by atoms with E-state index in [1.165, 1.54) is 48.8 Å². The minimum atomic E-state index is -0.857. The molecule has 0 amide bonds. The lowest BCUT2D eigenvalue weighted by Gasteiger charge is -2.14. The van der Waals surface area contributed by atoms with Gasteiger partial charge in [0.25, 0.3) is 0 Å². The Balaban J connectivity index is 1.12. The summed E-state index contributed by atoms with van der Waals surface area (Å²) in [5.41, 5.74) is 1.81. The van der Waals surface area contributed by atoms with Crippen molar-refractivity contribution in [2.75, 3.05) is 13.2 Å². The van der Waals surface area contributed by atoms with Crippen molar-refractivity contribution in [3.63, 3.8) is 0 Å². The molecule has 6 rings (SSSR count). The third-order valence-corrected chi connectivity index (χ3v) is 12.1. The Morgan fingerprint density at radius 3 is 1.65 bits per heavy atom. The predicted octanol–water partition coefficient (Wildman–Crippen LogP) is 13.8. The van der Waals surface area contributed by atoms with Crippen LogP contribution < -0.4 is 14.2 Å². The maximum Gasteiger partial charge on any atom is 0.352 e. The monoisotopic (exact) mass is 1210 g/mol. The van der Waals surface area contributed by atoms with Gasteiger partial charge in [0.05, 0.1) is 48.1 Å². The summed E-state index contributed by atoms with van der Waals surface area (Å²) < 4.78 is 25.0. The largest absolute Gasteiger partial charge is 0.507 e. The number of carbonyl (C=O) groups excluding carboxylic acids is 4. The van der Waals surface area contributed by atoms with E-state index in [4.69, 9.17) is 51.8 Å². The average Bonchev–Trinajstić information content (AvgIpc) is 3.31. The van der Waals surface area contributed by atoms with E-state index in [-0.39, 0.29) is 46.3 Å². The van der Waals surface area contributed by atoms with Gasteiger partial charge in [-0.3, -0.25) is 9.59 Å². The first kappa shape index (κ1) is 51.8. The molecule has 350 valence electrons. The Labute approximate surface area is 433 Å². The van der Waals surface area contributed by atoms with Crippen LogP contribution in [0.5, 0.6) is 34.5 Å². The third kappa shape index (κ3) is 14.0. The topological polar surface area (TPSA) is 169 Å². The second-order valence-corrected chi connectivity index (χ2v) is 18.5. The molecule has 0 aliphatic carbocycles. The molecule has 68 heavy (non-hydrogen) atoms. The summed E-state index contributed by atoms with van der Waals surface area (Å²) in [6.07, 6.45) is 3.11. The molecule has 0 aliphatic rings. The number of phenolic OH excluding ortho intramolecular Hbond substituents is 1. The number of hydrogen-bond donors (Lipinski definition) is 1. The number of rotatable bonds is 20. The van der Waals surface area contributed by atoms with Gasteiger partial charge in [-0.25, -0.2) is 9.59 Å². The van der Waals surface area contributed by atoms with Gasteiger partial charge >= 0.3 is 11.9 Å². The Bertz CT molecular complexity index is 2850. The number of halogens is 6. The van der Waals surface area contributed by atoms with Crippen LogP contribution in [0.1, 0.15) is 69.7 Å². The van der Waals surface area contributed by atoms with Gasteiger partial charge < -0.3 is 33.7 Å². The van der Waals surface area contributed by atoms with Crippen LogP contribution in [0.15, 0.2) is 137 Å². The number of ether oxygens (including phenoxy) is 4. The Morgan fingerprint density at radius 2 is 1.13 bits per heavy atom. The first-order valence-corrected chi connectivity index (χ1v) is 24.2. The van der Waals surface area contributed by atoms with E-state index >= 15 is 0 Å². The van der Waals surface area contributed by atoms with Gasteiger partial charge in [-0.05, 0) is 197 Å². The molecule has 19 heteroatoms. The second-order valence-electron chi connectivity index (χ2n) is 14.2. The summed E-state index contributed by atoms with van der Waals surface area (Å²) in [6.45, 7) is 3.25. The lowest BCUT2D eigenvalue weighted by molar-refractivity contribution is -0.157. The summed E-state index contributed by atoms with van der Waals surface area (Å²) in [5, 5.41) is 19.3. The van der Waals surface area contributed by atoms with Gasteiger partial charge in [0.15, 0.2) is 23.1 Å². The molecule has 0 bridgehead atoms. The molecule has 13 nitrogen and oxygen atoms in total. The molecular weight excluding hydrogens is 1180 g/mol. The van der Waals surface area contributed by atoms with Crippen molar-refractivity contribution in [3.05, 3.63) is 171 Å². The molecule has 0 aromatic heterocycles. The Kier molecular flexibility index (Phi) is 18.8. The van der Waals surface area contributed by atoms with Crippen LogP contribution in [0.2, 0.25) is 10.0 Å². The zero-order chi connectivity index (χ0) is 48.9. The standard InChI is InChI=1S/C49H36Br4Cl2N2O11/c1-3-5-43(49(62)63-4-2)68-57-25-28-20-39(52)48(40(53)21-28)66-34-15-17-42(36(23-34)46(61)30-8-12-32(55)13-9-30)67-44(59)26-64-56-24-27-18-37(50)47(38(51)19-27)65-33-14-16-41(58)35(22-33)45(60)29-6-10-31(54)11-7-29/h6-25,43,58H,3-5,26H2,1-2H3. The molecule has 6 aromatic carbocycles. The molecule has 1 unspecified atom stereocenters. The van der Waals surface area contributed by atoms with Crippen molar-refractivity contribution in [1.29, 1.82) is 0 Å². The van der Waals surface area contributed by atoms with Crippen LogP contribution in [0.25, 0.3) is 0 Å². The number of hydrogen-bond acceptors (Lipinski definition) is 13. The van der Waals surface area contributed by atoms with Crippen LogP contribution in [-0.4, -0.2) is 60.4 Å². The van der Waals surface area contributed by atoms with Crippen LogP contribution >= 0.6 is 86.9 Å². The molecular formula is C49H36Br4Cl2N2O11. The lowest BCUT2D eigenvalue weighted by Crippen LogP contribution is -2.24. The molecule has 0 fully saturated rings. The molecule has 0 saturated heterocycles. The molecule has 0 saturated carbocycles. The number of benzene rings is 6. The summed E-state index contributed by atoms with van der Waals surface area (Å²) in [7, 11) is 0. The molecule has 1 atom stereocenters. The van der Waals surface area contributed by atoms with Crippen molar-refractivity contribution in [2.45, 2.75) is 32.8 Å². The second kappa shape index (κ2) is 24.6. The van der Waals surface area contributed by atoms with E-state index in [1.807, 2.05) is 6.92 Å². The highest BCUT2D eigenvalue weighted by atomic mass is 79.9. The van der Waals surface area contributed by atoms with Gasteiger partial charge in [-0.1, -0.05) is 46.9 Å². The number of aromatic hydroxyl groups is 1. The highest BCUT2D eigenvalue weighted by Crippen LogP contribution is 2.41. The van der Waals surface area contributed by atoms with E-state index in [9.17, 15) is 24.3 Å². The quantitative estimate of drug-likeness (QED) is 0.0254. The van der Waals surface area contributed by atoms with E-state index in [0.717, 1.165) is 0 Å². The van der Waals surface area contributed by atoms with Gasteiger partial charge in [0, 0.05) is 21.2 Å². The molecule has 1 N–H and O–H groups in total. The average molecular weight is 1220 g/mol. The summed E-state index contributed by atoms with van der Waals surface area (Å²) >= 11 is 26.1. The number of carbonyl (C=O) groups is 4. The van der Waals surface area contributed by atoms with Gasteiger partial charge in [0.1, 0.15) is 23.0 Å².